The Morgan fingerprint density at radius 2 is 1.31 bits per heavy atom. The van der Waals surface area contributed by atoms with Gasteiger partial charge in [0, 0.05) is 0 Å². The van der Waals surface area contributed by atoms with Crippen molar-refractivity contribution < 1.29 is 0 Å². The number of hydrogen-bond acceptors (Lipinski definition) is 1. The summed E-state index contributed by atoms with van der Waals surface area (Å²) in [6.45, 7) is 11.1. The first-order valence-electron chi connectivity index (χ1n) is 5.68. The zero-order chi connectivity index (χ0) is 10.9. The molecule has 0 aliphatic heterocycles. The van der Waals surface area contributed by atoms with Crippen LogP contribution < -0.4 is 5.73 Å². The molecule has 0 atom stereocenters. The molecule has 0 spiro atoms. The zero-order valence-corrected chi connectivity index (χ0v) is 10.5. The van der Waals surface area contributed by atoms with E-state index in [1.54, 1.807) is 0 Å². The molecule has 1 rings (SSSR count). The lowest BCUT2D eigenvalue weighted by Gasteiger charge is -2.32. The van der Waals surface area contributed by atoms with Crippen molar-refractivity contribution in [3.63, 3.8) is 0 Å². The standard InChI is InChI=1S/C9H18.C2H6.CH5N/c1-8-4-6-9(2,3)7-5-8;2*1-2/h8H,4-7H2,1-3H3;1-2H3;2H2,1H3. The largest absolute Gasteiger partial charge is 0.333 e. The van der Waals surface area contributed by atoms with Gasteiger partial charge in [-0.05, 0) is 31.2 Å². The average Bonchev–Trinajstić information content (AvgIpc) is 2.17. The van der Waals surface area contributed by atoms with Crippen LogP contribution in [0.5, 0.6) is 0 Å². The molecule has 13 heavy (non-hydrogen) atoms. The van der Waals surface area contributed by atoms with Crippen molar-refractivity contribution >= 4 is 0 Å². The highest BCUT2D eigenvalue weighted by Gasteiger charge is 2.23. The lowest BCUT2D eigenvalue weighted by Crippen LogP contribution is -2.19. The van der Waals surface area contributed by atoms with Crippen LogP contribution in [-0.2, 0) is 0 Å². The first kappa shape index (κ1) is 15.4. The van der Waals surface area contributed by atoms with Crippen LogP contribution in [0.3, 0.4) is 0 Å². The molecule has 0 aromatic carbocycles. The highest BCUT2D eigenvalue weighted by Crippen LogP contribution is 2.37. The van der Waals surface area contributed by atoms with Gasteiger partial charge in [0.15, 0.2) is 0 Å². The van der Waals surface area contributed by atoms with Crippen LogP contribution in [0.1, 0.15) is 60.3 Å². The second-order valence-corrected chi connectivity index (χ2v) is 4.35. The Balaban J connectivity index is 0. The minimum absolute atomic E-state index is 0.659. The molecule has 0 aromatic rings. The summed E-state index contributed by atoms with van der Waals surface area (Å²) in [5.41, 5.74) is 5.16. The fourth-order valence-electron chi connectivity index (χ4n) is 1.54. The van der Waals surface area contributed by atoms with E-state index in [2.05, 4.69) is 26.5 Å². The van der Waals surface area contributed by atoms with Crippen LogP contribution in [-0.4, -0.2) is 7.05 Å². The first-order valence-corrected chi connectivity index (χ1v) is 5.68. The van der Waals surface area contributed by atoms with Gasteiger partial charge in [-0.3, -0.25) is 0 Å². The van der Waals surface area contributed by atoms with Crippen molar-refractivity contribution in [3.05, 3.63) is 0 Å². The Morgan fingerprint density at radius 3 is 1.54 bits per heavy atom. The van der Waals surface area contributed by atoms with Gasteiger partial charge in [-0.2, -0.15) is 0 Å². The van der Waals surface area contributed by atoms with E-state index in [4.69, 9.17) is 0 Å². The third-order valence-corrected chi connectivity index (χ3v) is 2.63. The summed E-state index contributed by atoms with van der Waals surface area (Å²) in [7, 11) is 1.50. The summed E-state index contributed by atoms with van der Waals surface area (Å²) < 4.78 is 0. The van der Waals surface area contributed by atoms with E-state index < -0.39 is 0 Å². The highest BCUT2D eigenvalue weighted by molar-refractivity contribution is 4.76. The summed E-state index contributed by atoms with van der Waals surface area (Å²) in [5.74, 6) is 0.998. The van der Waals surface area contributed by atoms with Gasteiger partial charge < -0.3 is 5.73 Å². The SMILES string of the molecule is CC.CC1CCC(C)(C)CC1.CN. The van der Waals surface area contributed by atoms with Gasteiger partial charge in [0.05, 0.1) is 0 Å². The third kappa shape index (κ3) is 8.29. The molecular weight excluding hydrogens is 158 g/mol. The van der Waals surface area contributed by atoms with Gasteiger partial charge in [0.2, 0.25) is 0 Å². The first-order chi connectivity index (χ1) is 6.10. The summed E-state index contributed by atoms with van der Waals surface area (Å²) in [4.78, 5) is 0. The second-order valence-electron chi connectivity index (χ2n) is 4.35. The molecule has 1 nitrogen and oxygen atoms in total. The molecule has 0 aromatic heterocycles. The molecule has 0 amide bonds. The quantitative estimate of drug-likeness (QED) is 0.613. The van der Waals surface area contributed by atoms with Crippen LogP contribution in [0.15, 0.2) is 0 Å². The molecule has 1 saturated carbocycles. The molecule has 1 fully saturated rings. The molecule has 0 unspecified atom stereocenters. The van der Waals surface area contributed by atoms with Crippen molar-refractivity contribution in [2.45, 2.75) is 60.3 Å². The monoisotopic (exact) mass is 187 g/mol. The van der Waals surface area contributed by atoms with Crippen LogP contribution in [0.25, 0.3) is 0 Å². The molecule has 1 aliphatic rings. The molecule has 0 heterocycles. The van der Waals surface area contributed by atoms with Gasteiger partial charge in [-0.1, -0.05) is 47.5 Å². The Kier molecular flexibility index (Phi) is 10.2. The molecule has 1 aliphatic carbocycles. The summed E-state index contributed by atoms with van der Waals surface area (Å²) in [6, 6.07) is 0. The second kappa shape index (κ2) is 8.55. The normalized spacial score (nSPS) is 20.5. The van der Waals surface area contributed by atoms with E-state index in [-0.39, 0.29) is 0 Å². The minimum Gasteiger partial charge on any atom is -0.333 e. The fourth-order valence-corrected chi connectivity index (χ4v) is 1.54. The maximum absolute atomic E-state index is 4.50. The minimum atomic E-state index is 0.659. The summed E-state index contributed by atoms with van der Waals surface area (Å²) in [5, 5.41) is 0. The van der Waals surface area contributed by atoms with Gasteiger partial charge in [-0.15, -0.1) is 0 Å². The maximum atomic E-state index is 4.50. The smallest absolute Gasteiger partial charge is 0.0195 e. The van der Waals surface area contributed by atoms with Crippen molar-refractivity contribution in [1.29, 1.82) is 0 Å². The van der Waals surface area contributed by atoms with Crippen molar-refractivity contribution in [1.82, 2.24) is 0 Å². The Labute approximate surface area is 85.1 Å². The van der Waals surface area contributed by atoms with Crippen molar-refractivity contribution in [2.75, 3.05) is 7.05 Å². The number of hydrogen-bond donors (Lipinski definition) is 1. The van der Waals surface area contributed by atoms with Crippen LogP contribution >= 0.6 is 0 Å². The molecule has 0 saturated heterocycles. The van der Waals surface area contributed by atoms with Crippen LogP contribution in [0.2, 0.25) is 0 Å². The summed E-state index contributed by atoms with van der Waals surface area (Å²) >= 11 is 0. The van der Waals surface area contributed by atoms with Crippen molar-refractivity contribution in [2.24, 2.45) is 17.1 Å². The fraction of sp³-hybridized carbons (Fsp3) is 1.00. The summed E-state index contributed by atoms with van der Waals surface area (Å²) in [6.07, 6.45) is 5.78. The number of rotatable bonds is 0. The number of nitrogens with two attached hydrogens (primary N) is 1. The Bertz CT molecular complexity index is 87.3. The van der Waals surface area contributed by atoms with Gasteiger partial charge in [0.25, 0.3) is 0 Å². The maximum Gasteiger partial charge on any atom is -0.0195 e. The van der Waals surface area contributed by atoms with Gasteiger partial charge in [-0.25, -0.2) is 0 Å². The predicted molar refractivity (Wildman–Crippen MR) is 62.9 cm³/mol. The Hall–Kier alpha value is -0.0400. The predicted octanol–water partition coefficient (Wildman–Crippen LogP) is 3.82. The lowest BCUT2D eigenvalue weighted by molar-refractivity contribution is 0.201. The van der Waals surface area contributed by atoms with E-state index in [9.17, 15) is 0 Å². The Morgan fingerprint density at radius 1 is 1.00 bits per heavy atom. The zero-order valence-electron chi connectivity index (χ0n) is 10.5. The van der Waals surface area contributed by atoms with Crippen LogP contribution in [0.4, 0.5) is 0 Å². The van der Waals surface area contributed by atoms with E-state index in [1.165, 1.54) is 32.7 Å². The van der Waals surface area contributed by atoms with Gasteiger partial charge in [0.1, 0.15) is 0 Å². The van der Waals surface area contributed by atoms with E-state index >= 15 is 0 Å². The van der Waals surface area contributed by atoms with E-state index in [1.807, 2.05) is 13.8 Å². The molecule has 1 heteroatoms. The lowest BCUT2D eigenvalue weighted by atomic mass is 9.74. The van der Waals surface area contributed by atoms with E-state index in [0.29, 0.717) is 5.41 Å². The van der Waals surface area contributed by atoms with Crippen molar-refractivity contribution in [3.8, 4) is 0 Å². The van der Waals surface area contributed by atoms with E-state index in [0.717, 1.165) is 5.92 Å². The topological polar surface area (TPSA) is 26.0 Å². The molecular formula is C12H29N. The molecule has 0 radical (unpaired) electrons. The molecule has 0 bridgehead atoms. The molecule has 2 N–H and O–H groups in total. The third-order valence-electron chi connectivity index (χ3n) is 2.63. The molecule has 82 valence electrons. The van der Waals surface area contributed by atoms with Crippen LogP contribution in [0, 0.1) is 11.3 Å². The van der Waals surface area contributed by atoms with Gasteiger partial charge >= 0.3 is 0 Å². The average molecular weight is 187 g/mol. The highest BCUT2D eigenvalue weighted by atomic mass is 14.4.